The Morgan fingerprint density at radius 1 is 1.36 bits per heavy atom. The summed E-state index contributed by atoms with van der Waals surface area (Å²) in [5, 5.41) is 17.7. The molecule has 0 spiro atoms. The van der Waals surface area contributed by atoms with Gasteiger partial charge in [0, 0.05) is 30.7 Å². The Hall–Kier alpha value is -2.85. The quantitative estimate of drug-likeness (QED) is 0.713. The van der Waals surface area contributed by atoms with Crippen molar-refractivity contribution in [3.05, 3.63) is 18.0 Å². The fourth-order valence-electron chi connectivity index (χ4n) is 3.77. The van der Waals surface area contributed by atoms with E-state index in [9.17, 15) is 9.59 Å². The van der Waals surface area contributed by atoms with Crippen molar-refractivity contribution in [1.82, 2.24) is 40.6 Å². The molecule has 2 aliphatic heterocycles. The van der Waals surface area contributed by atoms with Crippen LogP contribution in [0.4, 0.5) is 0 Å². The van der Waals surface area contributed by atoms with Crippen LogP contribution in [0.25, 0.3) is 0 Å². The third-order valence-electron chi connectivity index (χ3n) is 5.33. The number of hydrogen-bond donors (Lipinski definition) is 1. The normalized spacial score (nSPS) is 23.5. The van der Waals surface area contributed by atoms with Crippen LogP contribution in [0.1, 0.15) is 45.3 Å². The van der Waals surface area contributed by atoms with Gasteiger partial charge < -0.3 is 14.7 Å². The lowest BCUT2D eigenvalue weighted by Gasteiger charge is -2.36. The number of hydrogen-bond acceptors (Lipinski definition) is 8. The Morgan fingerprint density at radius 3 is 2.86 bits per heavy atom. The minimum Gasteiger partial charge on any atom is -0.349 e. The highest BCUT2D eigenvalue weighted by Gasteiger charge is 2.54. The van der Waals surface area contributed by atoms with E-state index >= 15 is 0 Å². The van der Waals surface area contributed by atoms with Crippen molar-refractivity contribution >= 4 is 11.8 Å². The van der Waals surface area contributed by atoms with Gasteiger partial charge in [-0.25, -0.2) is 4.68 Å². The zero-order chi connectivity index (χ0) is 19.9. The number of aryl methyl sites for hydroxylation is 1. The third-order valence-corrected chi connectivity index (χ3v) is 5.33. The Balaban J connectivity index is 1.27. The number of carbonyl (C=O) groups excluding carboxylic acids is 2. The second-order valence-corrected chi connectivity index (χ2v) is 8.47. The fourth-order valence-corrected chi connectivity index (χ4v) is 3.77. The number of rotatable bonds is 6. The molecule has 2 amide bonds. The van der Waals surface area contributed by atoms with Crippen molar-refractivity contribution < 1.29 is 14.1 Å². The molecule has 11 nitrogen and oxygen atoms in total. The first-order chi connectivity index (χ1) is 13.3. The summed E-state index contributed by atoms with van der Waals surface area (Å²) >= 11 is 0. The second kappa shape index (κ2) is 6.95. The lowest BCUT2D eigenvalue weighted by atomic mass is 9.80. The molecular weight excluding hydrogens is 364 g/mol. The predicted octanol–water partition coefficient (Wildman–Crippen LogP) is -0.298. The molecule has 11 heteroatoms. The highest BCUT2D eigenvalue weighted by atomic mass is 16.5. The summed E-state index contributed by atoms with van der Waals surface area (Å²) in [7, 11) is 0. The van der Waals surface area contributed by atoms with Crippen LogP contribution in [0, 0.1) is 5.92 Å². The van der Waals surface area contributed by atoms with Crippen molar-refractivity contribution in [2.24, 2.45) is 5.92 Å². The van der Waals surface area contributed by atoms with Gasteiger partial charge >= 0.3 is 0 Å². The largest absolute Gasteiger partial charge is 0.349 e. The molecule has 5 rings (SSSR count). The summed E-state index contributed by atoms with van der Waals surface area (Å²) in [6.07, 6.45) is 3.07. The van der Waals surface area contributed by atoms with E-state index in [1.54, 1.807) is 0 Å². The van der Waals surface area contributed by atoms with E-state index in [1.165, 1.54) is 11.0 Å². The van der Waals surface area contributed by atoms with Gasteiger partial charge in [0.25, 0.3) is 0 Å². The van der Waals surface area contributed by atoms with Gasteiger partial charge in [-0.05, 0) is 16.8 Å². The fraction of sp³-hybridized carbons (Fsp3) is 0.706. The molecule has 1 aliphatic carbocycles. The summed E-state index contributed by atoms with van der Waals surface area (Å²) in [6.45, 7) is 6.79. The number of aromatic nitrogens is 6. The number of tetrazole rings is 1. The minimum atomic E-state index is -0.185. The summed E-state index contributed by atoms with van der Waals surface area (Å²) in [5.74, 6) is 1.34. The molecule has 150 valence electrons. The Bertz CT molecular complexity index is 856. The van der Waals surface area contributed by atoms with E-state index in [-0.39, 0.29) is 35.9 Å². The van der Waals surface area contributed by atoms with E-state index < -0.39 is 0 Å². The first-order valence-corrected chi connectivity index (χ1v) is 9.44. The zero-order valence-electron chi connectivity index (χ0n) is 16.2. The van der Waals surface area contributed by atoms with E-state index in [0.29, 0.717) is 37.0 Å². The molecule has 0 aromatic carbocycles. The smallest absolute Gasteiger partial charge is 0.242 e. The number of fused-ring (bicyclic) bond motifs is 1. The highest BCUT2D eigenvalue weighted by molar-refractivity contribution is 5.79. The van der Waals surface area contributed by atoms with Crippen molar-refractivity contribution in [3.8, 4) is 0 Å². The van der Waals surface area contributed by atoms with Crippen LogP contribution in [0.2, 0.25) is 0 Å². The number of amides is 2. The van der Waals surface area contributed by atoms with Crippen molar-refractivity contribution in [2.75, 3.05) is 6.54 Å². The molecule has 2 aromatic heterocycles. The van der Waals surface area contributed by atoms with E-state index in [0.717, 1.165) is 6.42 Å². The molecule has 2 saturated heterocycles. The zero-order valence-corrected chi connectivity index (χ0v) is 16.2. The van der Waals surface area contributed by atoms with Gasteiger partial charge in [-0.2, -0.15) is 4.98 Å². The van der Waals surface area contributed by atoms with Gasteiger partial charge in [0.05, 0.1) is 12.1 Å². The Labute approximate surface area is 161 Å². The Kier molecular flexibility index (Phi) is 4.60. The molecule has 3 aliphatic rings. The minimum absolute atomic E-state index is 0.00354. The Morgan fingerprint density at radius 2 is 2.18 bits per heavy atom. The maximum atomic E-state index is 12.6. The van der Waals surface area contributed by atoms with Gasteiger partial charge in [-0.3, -0.25) is 9.59 Å². The molecule has 0 radical (unpaired) electrons. The summed E-state index contributed by atoms with van der Waals surface area (Å²) in [4.78, 5) is 31.0. The van der Waals surface area contributed by atoms with Gasteiger partial charge in [-0.15, -0.1) is 5.10 Å². The molecule has 2 aromatic rings. The topological polar surface area (TPSA) is 132 Å². The molecule has 3 atom stereocenters. The van der Waals surface area contributed by atoms with Crippen molar-refractivity contribution in [3.63, 3.8) is 0 Å². The third kappa shape index (κ3) is 3.60. The summed E-state index contributed by atoms with van der Waals surface area (Å²) in [5.41, 5.74) is -0.185. The summed E-state index contributed by atoms with van der Waals surface area (Å²) < 4.78 is 6.63. The predicted molar refractivity (Wildman–Crippen MR) is 94.7 cm³/mol. The van der Waals surface area contributed by atoms with Crippen molar-refractivity contribution in [2.45, 2.75) is 64.1 Å². The van der Waals surface area contributed by atoms with E-state index in [1.807, 2.05) is 25.7 Å². The molecule has 1 saturated carbocycles. The SMILES string of the molecule is CC(C)(C)c1noc(CCC(=O)N2CC3CC2C3NC(=O)Cn2cnnn2)n1. The number of nitrogens with zero attached hydrogens (tertiary/aromatic N) is 7. The second-order valence-electron chi connectivity index (χ2n) is 8.47. The molecule has 1 N–H and O–H groups in total. The maximum Gasteiger partial charge on any atom is 0.242 e. The monoisotopic (exact) mass is 388 g/mol. The van der Waals surface area contributed by atoms with Crippen LogP contribution in [0.15, 0.2) is 10.9 Å². The lowest BCUT2D eigenvalue weighted by Crippen LogP contribution is -2.55. The molecule has 3 fully saturated rings. The van der Waals surface area contributed by atoms with Gasteiger partial charge in [-0.1, -0.05) is 25.9 Å². The number of nitrogens with one attached hydrogen (secondary N) is 1. The van der Waals surface area contributed by atoms with Crippen LogP contribution < -0.4 is 5.32 Å². The lowest BCUT2D eigenvalue weighted by molar-refractivity contribution is -0.132. The number of carbonyl (C=O) groups is 2. The van der Waals surface area contributed by atoms with Crippen LogP contribution >= 0.6 is 0 Å². The summed E-state index contributed by atoms with van der Waals surface area (Å²) in [6, 6.07) is 0.0620. The highest BCUT2D eigenvalue weighted by Crippen LogP contribution is 2.41. The molecule has 4 heterocycles. The van der Waals surface area contributed by atoms with E-state index in [4.69, 9.17) is 4.52 Å². The van der Waals surface area contributed by atoms with Crippen LogP contribution in [-0.2, 0) is 28.0 Å². The van der Waals surface area contributed by atoms with E-state index in [2.05, 4.69) is 31.0 Å². The first-order valence-electron chi connectivity index (χ1n) is 9.44. The average molecular weight is 388 g/mol. The molecule has 28 heavy (non-hydrogen) atoms. The van der Waals surface area contributed by atoms with Gasteiger partial charge in [0.2, 0.25) is 17.7 Å². The molecule has 2 bridgehead atoms. The van der Waals surface area contributed by atoms with Gasteiger partial charge in [0.1, 0.15) is 12.9 Å². The van der Waals surface area contributed by atoms with Gasteiger partial charge in [0.15, 0.2) is 5.82 Å². The maximum absolute atomic E-state index is 12.6. The van der Waals surface area contributed by atoms with Crippen LogP contribution in [-0.4, -0.2) is 65.7 Å². The standard InChI is InChI=1S/C17H24N8O3/c1-17(2,3)16-20-13(28-21-16)4-5-14(27)25-7-10-6-11(25)15(10)19-12(26)8-24-9-18-22-23-24/h9-11,15H,4-8H2,1-3H3,(H,19,26). The van der Waals surface area contributed by atoms with Crippen LogP contribution in [0.3, 0.4) is 0 Å². The molecule has 3 unspecified atom stereocenters. The molecular formula is C17H24N8O3. The first kappa shape index (κ1) is 18.5. The average Bonchev–Trinajstić information content (AvgIpc) is 3.40. The van der Waals surface area contributed by atoms with Crippen LogP contribution in [0.5, 0.6) is 0 Å². The van der Waals surface area contributed by atoms with Crippen molar-refractivity contribution in [1.29, 1.82) is 0 Å².